The highest BCUT2D eigenvalue weighted by atomic mass is 35.5. The average molecular weight is 734 g/mol. The second-order valence-electron chi connectivity index (χ2n) is 12.7. The van der Waals surface area contributed by atoms with E-state index in [0.29, 0.717) is 21.3 Å². The number of carboxylic acid groups (broad SMARTS) is 1. The number of alkyl halides is 4. The van der Waals surface area contributed by atoms with Crippen molar-refractivity contribution in [3.8, 4) is 22.6 Å². The van der Waals surface area contributed by atoms with Crippen molar-refractivity contribution in [3.05, 3.63) is 115 Å². The molecule has 4 aromatic rings. The quantitative estimate of drug-likeness (QED) is 0.202. The summed E-state index contributed by atoms with van der Waals surface area (Å²) in [7, 11) is 0. The number of likely N-dealkylation sites (tertiary alicyclic amines) is 1. The number of halogens is 7. The summed E-state index contributed by atoms with van der Waals surface area (Å²) in [5.41, 5.74) is -2.34. The lowest BCUT2D eigenvalue weighted by Gasteiger charge is -2.34. The van der Waals surface area contributed by atoms with Crippen molar-refractivity contribution in [1.82, 2.24) is 14.8 Å². The monoisotopic (exact) mass is 733 g/mol. The summed E-state index contributed by atoms with van der Waals surface area (Å²) in [6, 6.07) is 6.60. The van der Waals surface area contributed by atoms with E-state index >= 15 is 8.78 Å². The van der Waals surface area contributed by atoms with E-state index in [1.807, 2.05) is 0 Å². The van der Waals surface area contributed by atoms with Crippen LogP contribution in [0.3, 0.4) is 0 Å². The molecule has 1 saturated heterocycles. The molecule has 1 amide bonds. The maximum Gasteiger partial charge on any atom is 0.416 e. The van der Waals surface area contributed by atoms with Crippen LogP contribution in [0.5, 0.6) is 11.5 Å². The third kappa shape index (κ3) is 7.20. The number of aliphatic carboxylic acids is 1. The van der Waals surface area contributed by atoms with Crippen LogP contribution in [0.25, 0.3) is 11.1 Å². The predicted octanol–water partition coefficient (Wildman–Crippen LogP) is 7.31. The normalized spacial score (nSPS) is 18.0. The Labute approximate surface area is 292 Å². The number of carboxylic acids is 1. The zero-order valence-corrected chi connectivity index (χ0v) is 27.8. The Morgan fingerprint density at radius 3 is 2.41 bits per heavy atom. The van der Waals surface area contributed by atoms with Crippen LogP contribution in [0.2, 0.25) is 5.02 Å². The van der Waals surface area contributed by atoms with Gasteiger partial charge in [0.2, 0.25) is 5.91 Å². The van der Waals surface area contributed by atoms with Gasteiger partial charge >= 0.3 is 12.1 Å². The summed E-state index contributed by atoms with van der Waals surface area (Å²) in [5, 5.41) is 11.7. The second kappa shape index (κ2) is 13.7. The molecule has 1 aromatic heterocycles. The van der Waals surface area contributed by atoms with E-state index in [4.69, 9.17) is 16.3 Å². The molecular weight excluding hydrogens is 704 g/mol. The Kier molecular flexibility index (Phi) is 9.68. The van der Waals surface area contributed by atoms with Crippen LogP contribution in [0.15, 0.2) is 59.5 Å². The van der Waals surface area contributed by atoms with Gasteiger partial charge < -0.3 is 15.2 Å². The van der Waals surface area contributed by atoms with E-state index < -0.39 is 81.6 Å². The molecule has 6 rings (SSSR count). The smallest absolute Gasteiger partial charge is 0.416 e. The van der Waals surface area contributed by atoms with Crippen LogP contribution in [-0.4, -0.2) is 52.3 Å². The summed E-state index contributed by atoms with van der Waals surface area (Å²) in [6.07, 6.45) is -6.54. The minimum atomic E-state index is -5.00. The van der Waals surface area contributed by atoms with E-state index in [-0.39, 0.29) is 54.7 Å². The largest absolute Gasteiger partial charge is 0.481 e. The topological polar surface area (TPSA) is 101 Å². The van der Waals surface area contributed by atoms with Crippen LogP contribution in [0, 0.1) is 25.5 Å². The summed E-state index contributed by atoms with van der Waals surface area (Å²) in [5.74, 6) is -4.68. The molecule has 8 nitrogen and oxygen atoms in total. The minimum Gasteiger partial charge on any atom is -0.481 e. The third-order valence-corrected chi connectivity index (χ3v) is 9.31. The van der Waals surface area contributed by atoms with Gasteiger partial charge in [0, 0.05) is 54.7 Å². The summed E-state index contributed by atoms with van der Waals surface area (Å²) in [4.78, 5) is 41.5. The number of carbonyl (C=O) groups excluding carboxylic acids is 1. The van der Waals surface area contributed by atoms with Gasteiger partial charge in [-0.3, -0.25) is 23.9 Å². The van der Waals surface area contributed by atoms with Crippen molar-refractivity contribution in [1.29, 1.82) is 0 Å². The molecule has 0 saturated carbocycles. The number of nitrogens with zero attached hydrogens (tertiary/aromatic N) is 2. The molecule has 3 aromatic carbocycles. The van der Waals surface area contributed by atoms with Gasteiger partial charge in [-0.25, -0.2) is 13.2 Å². The van der Waals surface area contributed by atoms with Crippen LogP contribution < -0.4 is 15.6 Å². The number of hydrogen-bond acceptors (Lipinski definition) is 5. The van der Waals surface area contributed by atoms with Crippen molar-refractivity contribution in [2.75, 3.05) is 19.6 Å². The number of benzene rings is 3. The zero-order valence-electron chi connectivity index (χ0n) is 27.1. The molecule has 4 bridgehead atoms. The predicted molar refractivity (Wildman–Crippen MR) is 175 cm³/mol. The SMILES string of the molecule is Cc1cc2cc(c1F)[C@H](CC(=O)O)NC(=O)[C@H](n1cc(CCN3CC(F)C3)c(C(F)(F)F)cc1=O)c1cc(cc(Cl)c1F)Oc1cccc(C)c1-2. The first-order valence-electron chi connectivity index (χ1n) is 15.8. The standard InChI is InChI=1S/C36H30ClF6N3O5/c1-17-4-3-5-28-31(17)20-8-18(2)32(39)23(9-20)27(13-30(48)49)44-35(50)34(24-10-22(51-28)11-26(37)33(24)40)46-14-19(6-7-45-15-21(38)16-45)25(12-29(46)47)36(41,42)43/h3-5,8-12,14,21,27,34H,6-7,13,15-16H2,1-2H3,(H,44,50)(H,48,49)/t27-,34+/m0/s1. The van der Waals surface area contributed by atoms with Crippen molar-refractivity contribution < 1.29 is 45.8 Å². The van der Waals surface area contributed by atoms with E-state index in [0.717, 1.165) is 18.3 Å². The molecule has 0 spiro atoms. The van der Waals surface area contributed by atoms with Crippen LogP contribution in [0.4, 0.5) is 26.3 Å². The molecule has 0 unspecified atom stereocenters. The lowest BCUT2D eigenvalue weighted by Crippen LogP contribution is -2.49. The Morgan fingerprint density at radius 1 is 1.02 bits per heavy atom. The second-order valence-corrected chi connectivity index (χ2v) is 13.1. The molecule has 15 heteroatoms. The van der Waals surface area contributed by atoms with Crippen molar-refractivity contribution >= 4 is 23.5 Å². The number of aromatic nitrogens is 1. The molecule has 2 N–H and O–H groups in total. The molecule has 1 fully saturated rings. The molecular formula is C36H30ClF6N3O5. The number of rotatable bonds is 6. The Morgan fingerprint density at radius 2 is 1.75 bits per heavy atom. The average Bonchev–Trinajstić information content (AvgIpc) is 3.02. The molecule has 2 aliphatic heterocycles. The van der Waals surface area contributed by atoms with Gasteiger partial charge in [0.05, 0.1) is 23.0 Å². The molecule has 2 atom stereocenters. The first-order valence-corrected chi connectivity index (χ1v) is 16.2. The third-order valence-electron chi connectivity index (χ3n) is 9.03. The molecule has 0 aliphatic carbocycles. The minimum absolute atomic E-state index is 0.00732. The highest BCUT2D eigenvalue weighted by Gasteiger charge is 2.38. The molecule has 268 valence electrons. The summed E-state index contributed by atoms with van der Waals surface area (Å²) < 4.78 is 94.8. The zero-order chi connectivity index (χ0) is 36.9. The maximum atomic E-state index is 16.1. The molecule has 2 aliphatic rings. The van der Waals surface area contributed by atoms with Crippen molar-refractivity contribution in [3.63, 3.8) is 0 Å². The van der Waals surface area contributed by atoms with E-state index in [2.05, 4.69) is 5.32 Å². The van der Waals surface area contributed by atoms with Gasteiger partial charge in [-0.1, -0.05) is 23.7 Å². The lowest BCUT2D eigenvalue weighted by molar-refractivity contribution is -0.139. The van der Waals surface area contributed by atoms with Crippen LogP contribution in [-0.2, 0) is 22.2 Å². The van der Waals surface area contributed by atoms with Gasteiger partial charge in [-0.2, -0.15) is 13.2 Å². The van der Waals surface area contributed by atoms with Gasteiger partial charge in [0.25, 0.3) is 5.56 Å². The number of hydrogen-bond donors (Lipinski definition) is 2. The van der Waals surface area contributed by atoms with Gasteiger partial charge in [0.15, 0.2) is 0 Å². The fraction of sp³-hybridized carbons (Fsp3) is 0.306. The van der Waals surface area contributed by atoms with Crippen molar-refractivity contribution in [2.24, 2.45) is 0 Å². The number of amides is 1. The van der Waals surface area contributed by atoms with E-state index in [9.17, 15) is 37.1 Å². The van der Waals surface area contributed by atoms with Gasteiger partial charge in [0.1, 0.15) is 35.3 Å². The summed E-state index contributed by atoms with van der Waals surface area (Å²) >= 11 is 6.30. The fourth-order valence-corrected chi connectivity index (χ4v) is 6.78. The number of nitrogens with one attached hydrogen (secondary N) is 1. The first-order chi connectivity index (χ1) is 24.0. The lowest BCUT2D eigenvalue weighted by atomic mass is 9.92. The van der Waals surface area contributed by atoms with Crippen LogP contribution in [0.1, 0.15) is 51.9 Å². The summed E-state index contributed by atoms with van der Waals surface area (Å²) in [6.45, 7) is 3.19. The highest BCUT2D eigenvalue weighted by Crippen LogP contribution is 2.42. The van der Waals surface area contributed by atoms with E-state index in [1.54, 1.807) is 30.0 Å². The van der Waals surface area contributed by atoms with Crippen molar-refractivity contribution in [2.45, 2.75) is 51.1 Å². The Balaban J connectivity index is 1.61. The number of pyridine rings is 1. The fourth-order valence-electron chi connectivity index (χ4n) is 6.57. The van der Waals surface area contributed by atoms with Gasteiger partial charge in [-0.15, -0.1) is 0 Å². The maximum absolute atomic E-state index is 16.1. The molecule has 51 heavy (non-hydrogen) atoms. The Bertz CT molecular complexity index is 2110. The van der Waals surface area contributed by atoms with Gasteiger partial charge in [-0.05, 0) is 66.8 Å². The number of fused-ring (bicyclic) bond motifs is 6. The van der Waals surface area contributed by atoms with Crippen LogP contribution >= 0.6 is 11.6 Å². The number of ether oxygens (including phenoxy) is 1. The number of carbonyl (C=O) groups is 2. The number of aryl methyl sites for hydroxylation is 2. The highest BCUT2D eigenvalue weighted by molar-refractivity contribution is 6.31. The van der Waals surface area contributed by atoms with E-state index in [1.165, 1.54) is 19.1 Å². The molecule has 0 radical (unpaired) electrons. The molecule has 3 heterocycles. The Hall–Kier alpha value is -4.82. The first kappa shape index (κ1) is 36.0.